The molecule has 0 saturated carbocycles. The maximum atomic E-state index is 4.50. The Kier molecular flexibility index (Phi) is 3.84. The minimum atomic E-state index is 0.210. The molecule has 21 heavy (non-hydrogen) atoms. The normalized spacial score (nSPS) is 12.5. The molecule has 0 bridgehead atoms. The van der Waals surface area contributed by atoms with Crippen LogP contribution in [0.2, 0.25) is 0 Å². The van der Waals surface area contributed by atoms with Crippen LogP contribution < -0.4 is 4.90 Å². The molecule has 0 N–H and O–H groups in total. The number of nitrogens with zero attached hydrogens (tertiary/aromatic N) is 4. The fourth-order valence-electron chi connectivity index (χ4n) is 2.38. The molecule has 0 aromatic carbocycles. The van der Waals surface area contributed by atoms with Crippen molar-refractivity contribution in [3.05, 3.63) is 47.4 Å². The Morgan fingerprint density at radius 2 is 2.19 bits per heavy atom. The van der Waals surface area contributed by atoms with Crippen LogP contribution in [0.15, 0.2) is 36.9 Å². The van der Waals surface area contributed by atoms with E-state index in [9.17, 15) is 0 Å². The fourth-order valence-corrected chi connectivity index (χ4v) is 3.31. The average Bonchev–Trinajstić information content (AvgIpc) is 2.97. The summed E-state index contributed by atoms with van der Waals surface area (Å²) >= 11 is 1.75. The van der Waals surface area contributed by atoms with Crippen LogP contribution in [0.1, 0.15) is 30.3 Å². The summed E-state index contributed by atoms with van der Waals surface area (Å²) in [4.78, 5) is 17.7. The zero-order valence-corrected chi connectivity index (χ0v) is 13.3. The fraction of sp³-hybridized carbons (Fsp3) is 0.312. The molecular formula is C16H18N4S. The standard InChI is InChI=1S/C16H18N4S/c1-4-13-8-14-15(18-10-19-16(14)21-13)20(3)11(2)12-6-5-7-17-9-12/h5-11H,4H2,1-3H3. The predicted octanol–water partition coefficient (Wildman–Crippen LogP) is 3.85. The number of hydrogen-bond acceptors (Lipinski definition) is 5. The second-order valence-electron chi connectivity index (χ2n) is 5.06. The summed E-state index contributed by atoms with van der Waals surface area (Å²) in [7, 11) is 2.07. The van der Waals surface area contributed by atoms with Gasteiger partial charge in [-0.2, -0.15) is 0 Å². The SMILES string of the molecule is CCc1cc2c(N(C)C(C)c3cccnc3)ncnc2s1. The largest absolute Gasteiger partial charge is 0.352 e. The highest BCUT2D eigenvalue weighted by atomic mass is 32.1. The Morgan fingerprint density at radius 3 is 2.90 bits per heavy atom. The molecule has 1 unspecified atom stereocenters. The quantitative estimate of drug-likeness (QED) is 0.734. The summed E-state index contributed by atoms with van der Waals surface area (Å²) in [6, 6.07) is 6.48. The van der Waals surface area contributed by atoms with E-state index in [-0.39, 0.29) is 6.04 Å². The third kappa shape index (κ3) is 2.61. The van der Waals surface area contributed by atoms with Gasteiger partial charge >= 0.3 is 0 Å². The van der Waals surface area contributed by atoms with E-state index in [1.165, 1.54) is 10.4 Å². The Labute approximate surface area is 128 Å². The van der Waals surface area contributed by atoms with Gasteiger partial charge in [0.05, 0.1) is 11.4 Å². The molecule has 4 nitrogen and oxygen atoms in total. The highest BCUT2D eigenvalue weighted by Crippen LogP contribution is 2.33. The van der Waals surface area contributed by atoms with Gasteiger partial charge in [0.2, 0.25) is 0 Å². The molecule has 0 radical (unpaired) electrons. The Morgan fingerprint density at radius 1 is 1.33 bits per heavy atom. The molecule has 3 aromatic rings. The first-order chi connectivity index (χ1) is 10.2. The smallest absolute Gasteiger partial charge is 0.141 e. The molecule has 0 saturated heterocycles. The van der Waals surface area contributed by atoms with E-state index in [0.717, 1.165) is 22.5 Å². The summed E-state index contributed by atoms with van der Waals surface area (Å²) in [6.45, 7) is 4.33. The molecule has 0 spiro atoms. The molecule has 5 heteroatoms. The van der Waals surface area contributed by atoms with Crippen LogP contribution >= 0.6 is 11.3 Å². The number of thiophene rings is 1. The number of aromatic nitrogens is 3. The van der Waals surface area contributed by atoms with Gasteiger partial charge in [0, 0.05) is 24.3 Å². The van der Waals surface area contributed by atoms with Crippen LogP contribution in [0.3, 0.4) is 0 Å². The minimum absolute atomic E-state index is 0.210. The first kappa shape index (κ1) is 13.9. The van der Waals surface area contributed by atoms with E-state index in [1.807, 2.05) is 12.3 Å². The molecule has 3 aromatic heterocycles. The van der Waals surface area contributed by atoms with Gasteiger partial charge in [-0.25, -0.2) is 9.97 Å². The molecule has 0 amide bonds. The molecule has 0 aliphatic rings. The highest BCUT2D eigenvalue weighted by molar-refractivity contribution is 7.18. The Hall–Kier alpha value is -2.01. The van der Waals surface area contributed by atoms with Crippen LogP contribution in [-0.2, 0) is 6.42 Å². The van der Waals surface area contributed by atoms with Crippen molar-refractivity contribution >= 4 is 27.4 Å². The van der Waals surface area contributed by atoms with Crippen molar-refractivity contribution in [2.24, 2.45) is 0 Å². The average molecular weight is 298 g/mol. The molecule has 108 valence electrons. The number of pyridine rings is 1. The van der Waals surface area contributed by atoms with Gasteiger partial charge in [-0.15, -0.1) is 11.3 Å². The zero-order valence-electron chi connectivity index (χ0n) is 12.4. The molecular weight excluding hydrogens is 280 g/mol. The summed E-state index contributed by atoms with van der Waals surface area (Å²) in [6.07, 6.45) is 6.39. The van der Waals surface area contributed by atoms with Crippen molar-refractivity contribution in [3.63, 3.8) is 0 Å². The second kappa shape index (κ2) is 5.77. The van der Waals surface area contributed by atoms with Gasteiger partial charge in [0.25, 0.3) is 0 Å². The van der Waals surface area contributed by atoms with E-state index in [2.05, 4.69) is 52.9 Å². The zero-order chi connectivity index (χ0) is 14.8. The van der Waals surface area contributed by atoms with Crippen molar-refractivity contribution in [3.8, 4) is 0 Å². The van der Waals surface area contributed by atoms with Crippen molar-refractivity contribution in [2.45, 2.75) is 26.3 Å². The Bertz CT molecular complexity index is 738. The number of rotatable bonds is 4. The minimum Gasteiger partial charge on any atom is -0.352 e. The third-order valence-electron chi connectivity index (χ3n) is 3.79. The molecule has 0 aliphatic heterocycles. The summed E-state index contributed by atoms with van der Waals surface area (Å²) in [5.41, 5.74) is 1.18. The maximum absolute atomic E-state index is 4.50. The van der Waals surface area contributed by atoms with E-state index in [4.69, 9.17) is 0 Å². The molecule has 3 rings (SSSR count). The van der Waals surface area contributed by atoms with Crippen molar-refractivity contribution in [2.75, 3.05) is 11.9 Å². The first-order valence-electron chi connectivity index (χ1n) is 7.07. The lowest BCUT2D eigenvalue weighted by Gasteiger charge is -2.26. The predicted molar refractivity (Wildman–Crippen MR) is 87.8 cm³/mol. The van der Waals surface area contributed by atoms with E-state index in [0.29, 0.717) is 0 Å². The molecule has 3 heterocycles. The van der Waals surface area contributed by atoms with Gasteiger partial charge in [0.15, 0.2) is 0 Å². The maximum Gasteiger partial charge on any atom is 0.141 e. The lowest BCUT2D eigenvalue weighted by Crippen LogP contribution is -2.22. The molecule has 1 atom stereocenters. The van der Waals surface area contributed by atoms with E-state index >= 15 is 0 Å². The summed E-state index contributed by atoms with van der Waals surface area (Å²) < 4.78 is 0. The summed E-state index contributed by atoms with van der Waals surface area (Å²) in [5.74, 6) is 0.979. The van der Waals surface area contributed by atoms with Gasteiger partial charge < -0.3 is 4.90 Å². The monoisotopic (exact) mass is 298 g/mol. The number of anilines is 1. The number of fused-ring (bicyclic) bond motifs is 1. The first-order valence-corrected chi connectivity index (χ1v) is 7.88. The van der Waals surface area contributed by atoms with Crippen LogP contribution in [0, 0.1) is 0 Å². The highest BCUT2D eigenvalue weighted by Gasteiger charge is 2.17. The van der Waals surface area contributed by atoms with E-state index in [1.54, 1.807) is 23.9 Å². The van der Waals surface area contributed by atoms with E-state index < -0.39 is 0 Å². The molecule has 0 aliphatic carbocycles. The van der Waals surface area contributed by atoms with Crippen LogP contribution in [0.4, 0.5) is 5.82 Å². The van der Waals surface area contributed by atoms with Crippen LogP contribution in [0.5, 0.6) is 0 Å². The number of aryl methyl sites for hydroxylation is 1. The lowest BCUT2D eigenvalue weighted by molar-refractivity contribution is 0.727. The van der Waals surface area contributed by atoms with Gasteiger partial charge in [-0.3, -0.25) is 4.98 Å². The van der Waals surface area contributed by atoms with Crippen molar-refractivity contribution in [1.29, 1.82) is 0 Å². The van der Waals surface area contributed by atoms with Gasteiger partial charge in [-0.05, 0) is 31.0 Å². The third-order valence-corrected chi connectivity index (χ3v) is 4.98. The van der Waals surface area contributed by atoms with Crippen LogP contribution in [-0.4, -0.2) is 22.0 Å². The van der Waals surface area contributed by atoms with Crippen molar-refractivity contribution in [1.82, 2.24) is 15.0 Å². The summed E-state index contributed by atoms with van der Waals surface area (Å²) in [5, 5.41) is 1.14. The lowest BCUT2D eigenvalue weighted by atomic mass is 10.1. The second-order valence-corrected chi connectivity index (χ2v) is 6.17. The van der Waals surface area contributed by atoms with Gasteiger partial charge in [-0.1, -0.05) is 13.0 Å². The van der Waals surface area contributed by atoms with Crippen molar-refractivity contribution < 1.29 is 0 Å². The van der Waals surface area contributed by atoms with Gasteiger partial charge in [0.1, 0.15) is 17.0 Å². The number of hydrogen-bond donors (Lipinski definition) is 0. The van der Waals surface area contributed by atoms with Crippen LogP contribution in [0.25, 0.3) is 10.2 Å². The Balaban J connectivity index is 2.01. The molecule has 0 fully saturated rings. The topological polar surface area (TPSA) is 41.9 Å².